The second kappa shape index (κ2) is 5.82. The highest BCUT2D eigenvalue weighted by atomic mass is 32.2. The average molecular weight is 308 g/mol. The smallest absolute Gasteiger partial charge is 0.262 e. The van der Waals surface area contributed by atoms with Gasteiger partial charge in [-0.1, -0.05) is 0 Å². The maximum Gasteiger partial charge on any atom is 0.262 e. The Kier molecular flexibility index (Phi) is 4.85. The lowest BCUT2D eigenvalue weighted by Gasteiger charge is -2.17. The summed E-state index contributed by atoms with van der Waals surface area (Å²) in [6.07, 6.45) is 2.36. The summed E-state index contributed by atoms with van der Waals surface area (Å²) >= 11 is 0. The Hall–Kier alpha value is -1.23. The van der Waals surface area contributed by atoms with E-state index in [0.717, 1.165) is 10.6 Å². The molecule has 0 atom stereocenters. The molecule has 0 amide bonds. The Balaban J connectivity index is 3.03. The van der Waals surface area contributed by atoms with E-state index in [4.69, 9.17) is 5.84 Å². The number of anilines is 1. The van der Waals surface area contributed by atoms with Crippen LogP contribution in [0.3, 0.4) is 0 Å². The number of hydrazine groups is 1. The molecule has 0 fully saturated rings. The van der Waals surface area contributed by atoms with E-state index in [0.29, 0.717) is 0 Å². The van der Waals surface area contributed by atoms with Crippen LogP contribution in [0.25, 0.3) is 0 Å². The molecule has 0 saturated carbocycles. The van der Waals surface area contributed by atoms with E-state index in [1.54, 1.807) is 0 Å². The minimum absolute atomic E-state index is 0.147. The Morgan fingerprint density at radius 3 is 2.53 bits per heavy atom. The molecule has 0 radical (unpaired) electrons. The van der Waals surface area contributed by atoms with Crippen LogP contribution in [0.2, 0.25) is 0 Å². The zero-order chi connectivity index (χ0) is 14.7. The molecule has 19 heavy (non-hydrogen) atoms. The van der Waals surface area contributed by atoms with Gasteiger partial charge in [-0.15, -0.1) is 0 Å². The third-order valence-electron chi connectivity index (χ3n) is 2.36. The number of rotatable bonds is 6. The van der Waals surface area contributed by atoms with Crippen molar-refractivity contribution in [3.8, 4) is 0 Å². The molecule has 3 N–H and O–H groups in total. The van der Waals surface area contributed by atoms with E-state index in [1.807, 2.05) is 0 Å². The van der Waals surface area contributed by atoms with Crippen LogP contribution in [0.1, 0.15) is 0 Å². The zero-order valence-electron chi connectivity index (χ0n) is 10.6. The van der Waals surface area contributed by atoms with Crippen molar-refractivity contribution < 1.29 is 16.8 Å². The quantitative estimate of drug-likeness (QED) is 0.512. The fourth-order valence-corrected chi connectivity index (χ4v) is 3.22. The molecule has 1 rings (SSSR count). The molecule has 8 nitrogen and oxygen atoms in total. The number of nitrogen functional groups attached to an aromatic ring is 1. The van der Waals surface area contributed by atoms with E-state index in [-0.39, 0.29) is 23.0 Å². The van der Waals surface area contributed by atoms with E-state index < -0.39 is 19.9 Å². The van der Waals surface area contributed by atoms with Gasteiger partial charge in [-0.05, 0) is 12.1 Å². The predicted octanol–water partition coefficient (Wildman–Crippen LogP) is -0.968. The van der Waals surface area contributed by atoms with Crippen molar-refractivity contribution >= 4 is 25.5 Å². The topological polar surface area (TPSA) is 122 Å². The van der Waals surface area contributed by atoms with Crippen molar-refractivity contribution in [2.75, 3.05) is 31.0 Å². The van der Waals surface area contributed by atoms with Crippen LogP contribution in [0, 0.1) is 0 Å². The summed E-state index contributed by atoms with van der Waals surface area (Å²) in [4.78, 5) is 3.77. The highest BCUT2D eigenvalue weighted by molar-refractivity contribution is 7.91. The number of pyridine rings is 1. The van der Waals surface area contributed by atoms with Crippen molar-refractivity contribution in [2.24, 2.45) is 5.84 Å². The summed E-state index contributed by atoms with van der Waals surface area (Å²) in [6, 6.07) is 3.00. The van der Waals surface area contributed by atoms with Crippen LogP contribution in [0.4, 0.5) is 5.69 Å². The summed E-state index contributed by atoms with van der Waals surface area (Å²) in [7, 11) is -5.85. The summed E-state index contributed by atoms with van der Waals surface area (Å²) in [5, 5.41) is -0.242. The van der Waals surface area contributed by atoms with Crippen LogP contribution >= 0.6 is 0 Å². The zero-order valence-corrected chi connectivity index (χ0v) is 12.2. The summed E-state index contributed by atoms with van der Waals surface area (Å²) in [5.74, 6) is 4.96. The van der Waals surface area contributed by atoms with Crippen LogP contribution < -0.4 is 11.3 Å². The number of hydrogen-bond donors (Lipinski definition) is 2. The molecule has 0 aliphatic rings. The van der Waals surface area contributed by atoms with Gasteiger partial charge in [0, 0.05) is 26.0 Å². The lowest BCUT2D eigenvalue weighted by atomic mass is 10.4. The van der Waals surface area contributed by atoms with Crippen LogP contribution in [0.5, 0.6) is 0 Å². The number of nitrogens with two attached hydrogens (primary N) is 1. The number of hydrogen-bond acceptors (Lipinski definition) is 7. The van der Waals surface area contributed by atoms with Gasteiger partial charge in [-0.3, -0.25) is 5.84 Å². The molecule has 0 aliphatic carbocycles. The van der Waals surface area contributed by atoms with E-state index in [2.05, 4.69) is 10.4 Å². The fourth-order valence-electron chi connectivity index (χ4n) is 1.27. The molecule has 0 saturated heterocycles. The van der Waals surface area contributed by atoms with Gasteiger partial charge in [0.2, 0.25) is 0 Å². The standard InChI is InChI=1S/C9H16N4O4S2/c1-13(6-7-18(2,14)15)19(16,17)9-8(12-10)4-3-5-11-9/h3-5,12H,6-7,10H2,1-2H3. The highest BCUT2D eigenvalue weighted by Gasteiger charge is 2.25. The number of sulfonamides is 1. The second-order valence-electron chi connectivity index (χ2n) is 3.96. The first-order valence-corrected chi connectivity index (χ1v) is 8.74. The van der Waals surface area contributed by atoms with Gasteiger partial charge in [0.15, 0.2) is 5.03 Å². The van der Waals surface area contributed by atoms with Crippen LogP contribution in [0.15, 0.2) is 23.4 Å². The number of nitrogens with one attached hydrogen (secondary N) is 1. The lowest BCUT2D eigenvalue weighted by Crippen LogP contribution is -2.32. The Morgan fingerprint density at radius 1 is 1.37 bits per heavy atom. The van der Waals surface area contributed by atoms with Gasteiger partial charge < -0.3 is 5.43 Å². The van der Waals surface area contributed by atoms with Gasteiger partial charge >= 0.3 is 0 Å². The molecule has 0 aliphatic heterocycles. The molecular weight excluding hydrogens is 292 g/mol. The maximum atomic E-state index is 12.2. The van der Waals surface area contributed by atoms with Crippen molar-refractivity contribution in [1.29, 1.82) is 0 Å². The van der Waals surface area contributed by atoms with Crippen molar-refractivity contribution in [1.82, 2.24) is 9.29 Å². The third-order valence-corrected chi connectivity index (χ3v) is 5.10. The van der Waals surface area contributed by atoms with Gasteiger partial charge in [-0.2, -0.15) is 4.31 Å². The van der Waals surface area contributed by atoms with E-state index in [1.165, 1.54) is 25.4 Å². The molecule has 0 unspecified atom stereocenters. The minimum atomic E-state index is -3.89. The van der Waals surface area contributed by atoms with Crippen LogP contribution in [-0.2, 0) is 19.9 Å². The van der Waals surface area contributed by atoms with Gasteiger partial charge in [-0.25, -0.2) is 21.8 Å². The third kappa shape index (κ3) is 4.13. The molecular formula is C9H16N4O4S2. The fraction of sp³-hybridized carbons (Fsp3) is 0.444. The summed E-state index contributed by atoms with van der Waals surface area (Å²) < 4.78 is 47.4. The first kappa shape index (κ1) is 15.8. The van der Waals surface area contributed by atoms with Gasteiger partial charge in [0.25, 0.3) is 10.0 Å². The largest absolute Gasteiger partial charge is 0.321 e. The van der Waals surface area contributed by atoms with Crippen LogP contribution in [-0.4, -0.2) is 51.7 Å². The molecule has 0 bridgehead atoms. The van der Waals surface area contributed by atoms with Gasteiger partial charge in [0.1, 0.15) is 9.84 Å². The van der Waals surface area contributed by atoms with Crippen molar-refractivity contribution in [3.63, 3.8) is 0 Å². The molecule has 1 aromatic rings. The predicted molar refractivity (Wildman–Crippen MR) is 71.6 cm³/mol. The Labute approximate surface area is 112 Å². The number of aromatic nitrogens is 1. The Morgan fingerprint density at radius 2 is 2.00 bits per heavy atom. The molecule has 108 valence electrons. The average Bonchev–Trinajstić information content (AvgIpc) is 2.34. The maximum absolute atomic E-state index is 12.2. The van der Waals surface area contributed by atoms with Gasteiger partial charge in [0.05, 0.1) is 11.4 Å². The molecule has 1 heterocycles. The van der Waals surface area contributed by atoms with Crippen molar-refractivity contribution in [3.05, 3.63) is 18.3 Å². The lowest BCUT2D eigenvalue weighted by molar-refractivity contribution is 0.482. The molecule has 1 aromatic heterocycles. The summed E-state index contributed by atoms with van der Waals surface area (Å²) in [6.45, 7) is -0.151. The molecule has 0 spiro atoms. The van der Waals surface area contributed by atoms with Crippen molar-refractivity contribution in [2.45, 2.75) is 5.03 Å². The Bertz CT molecular complexity index is 642. The van der Waals surface area contributed by atoms with E-state index in [9.17, 15) is 16.8 Å². The monoisotopic (exact) mass is 308 g/mol. The number of nitrogens with zero attached hydrogens (tertiary/aromatic N) is 2. The molecule has 10 heteroatoms. The first-order valence-electron chi connectivity index (χ1n) is 5.24. The highest BCUT2D eigenvalue weighted by Crippen LogP contribution is 2.19. The minimum Gasteiger partial charge on any atom is -0.321 e. The first-order chi connectivity index (χ1) is 8.68. The number of sulfone groups is 1. The summed E-state index contributed by atoms with van der Waals surface area (Å²) in [5.41, 5.74) is 2.39. The normalized spacial score (nSPS) is 12.6. The van der Waals surface area contributed by atoms with E-state index >= 15 is 0 Å². The molecule has 0 aromatic carbocycles. The SMILES string of the molecule is CN(CCS(C)(=O)=O)S(=O)(=O)c1ncccc1NN. The second-order valence-corrected chi connectivity index (χ2v) is 8.18.